The van der Waals surface area contributed by atoms with Crippen LogP contribution < -0.4 is 15.4 Å². The van der Waals surface area contributed by atoms with Crippen molar-refractivity contribution < 1.29 is 14.3 Å². The Kier molecular flexibility index (Phi) is 9.12. The molecule has 2 aromatic carbocycles. The van der Waals surface area contributed by atoms with Crippen LogP contribution in [0.5, 0.6) is 5.75 Å². The number of anilines is 1. The molecule has 0 saturated carbocycles. The highest BCUT2D eigenvalue weighted by Crippen LogP contribution is 2.33. The van der Waals surface area contributed by atoms with Crippen LogP contribution in [0.2, 0.25) is 0 Å². The van der Waals surface area contributed by atoms with E-state index in [0.29, 0.717) is 5.69 Å². The molecule has 1 amide bonds. The largest absolute Gasteiger partial charge is 0.497 e. The van der Waals surface area contributed by atoms with Gasteiger partial charge in [-0.25, -0.2) is 4.79 Å². The number of hydrogen-bond donors (Lipinski definition) is 2. The van der Waals surface area contributed by atoms with E-state index < -0.39 is 6.09 Å². The van der Waals surface area contributed by atoms with Crippen LogP contribution in [-0.2, 0) is 11.3 Å². The van der Waals surface area contributed by atoms with Crippen LogP contribution in [0.4, 0.5) is 10.5 Å². The van der Waals surface area contributed by atoms with E-state index in [1.807, 2.05) is 38.4 Å². The van der Waals surface area contributed by atoms with Crippen LogP contribution in [0.1, 0.15) is 12.8 Å². The molecule has 0 saturated heterocycles. The molecule has 0 aliphatic heterocycles. The number of carbonyl (C=O) groups excluding carboxylic acids is 1. The summed E-state index contributed by atoms with van der Waals surface area (Å²) in [5.74, 6) is 0.824. The lowest BCUT2D eigenvalue weighted by atomic mass is 10.1. The average Bonchev–Trinajstić information content (AvgIpc) is 3.18. The van der Waals surface area contributed by atoms with Gasteiger partial charge in [0.25, 0.3) is 0 Å². The van der Waals surface area contributed by atoms with E-state index in [1.54, 1.807) is 7.11 Å². The third-order valence-electron chi connectivity index (χ3n) is 5.33. The van der Waals surface area contributed by atoms with Crippen molar-refractivity contribution in [2.24, 2.45) is 0 Å². The van der Waals surface area contributed by atoms with Gasteiger partial charge in [0.1, 0.15) is 5.75 Å². The monoisotopic (exact) mass is 459 g/mol. The van der Waals surface area contributed by atoms with Crippen molar-refractivity contribution in [2.75, 3.05) is 33.6 Å². The molecular formula is C28H33N3O3. The lowest BCUT2D eigenvalue weighted by Crippen LogP contribution is -2.10. The molecule has 0 radical (unpaired) electrons. The summed E-state index contributed by atoms with van der Waals surface area (Å²) in [5, 5.41) is 6.64. The van der Waals surface area contributed by atoms with Crippen molar-refractivity contribution in [3.8, 4) is 17.0 Å². The summed E-state index contributed by atoms with van der Waals surface area (Å²) in [7, 11) is 6.79. The van der Waals surface area contributed by atoms with Crippen molar-refractivity contribution in [3.05, 3.63) is 84.5 Å². The molecule has 3 aromatic rings. The number of benzene rings is 2. The normalized spacial score (nSPS) is 15.2. The summed E-state index contributed by atoms with van der Waals surface area (Å²) >= 11 is 0. The lowest BCUT2D eigenvalue weighted by molar-refractivity contribution is 0.187. The van der Waals surface area contributed by atoms with Gasteiger partial charge in [-0.1, -0.05) is 42.5 Å². The number of nitrogens with one attached hydrogen (secondary N) is 2. The molecule has 0 fully saturated rings. The molecule has 4 rings (SSSR count). The fourth-order valence-corrected chi connectivity index (χ4v) is 3.77. The number of rotatable bonds is 5. The number of carbonyl (C=O) groups is 1. The number of methoxy groups -OCH3 is 2. The van der Waals surface area contributed by atoms with Crippen LogP contribution in [0, 0.1) is 0 Å². The average molecular weight is 460 g/mol. The van der Waals surface area contributed by atoms with Crippen LogP contribution in [0.3, 0.4) is 0 Å². The van der Waals surface area contributed by atoms with E-state index in [0.717, 1.165) is 47.3 Å². The Morgan fingerprint density at radius 1 is 1.00 bits per heavy atom. The molecule has 1 aromatic heterocycles. The van der Waals surface area contributed by atoms with E-state index in [2.05, 4.69) is 69.8 Å². The number of fused-ring (bicyclic) bond motifs is 1. The number of ether oxygens (including phenoxy) is 2. The maximum atomic E-state index is 11.7. The van der Waals surface area contributed by atoms with Crippen LogP contribution >= 0.6 is 0 Å². The van der Waals surface area contributed by atoms with Gasteiger partial charge in [-0.05, 0) is 62.8 Å². The first-order valence-electron chi connectivity index (χ1n) is 11.3. The second kappa shape index (κ2) is 12.5. The number of aromatic nitrogens is 1. The fraction of sp³-hybridized carbons (Fsp3) is 0.250. The Hall–Kier alpha value is -3.77. The first-order valence-corrected chi connectivity index (χ1v) is 11.3. The van der Waals surface area contributed by atoms with Crippen molar-refractivity contribution in [1.29, 1.82) is 0 Å². The highest BCUT2D eigenvalue weighted by atomic mass is 16.5. The highest BCUT2D eigenvalue weighted by Gasteiger charge is 2.14. The Bertz CT molecular complexity index is 1200. The second-order valence-corrected chi connectivity index (χ2v) is 7.86. The lowest BCUT2D eigenvalue weighted by Gasteiger charge is -2.14. The number of nitrogens with zero attached hydrogens (tertiary/aromatic N) is 1. The van der Waals surface area contributed by atoms with E-state index in [4.69, 9.17) is 9.47 Å². The molecule has 1 aliphatic rings. The van der Waals surface area contributed by atoms with Crippen molar-refractivity contribution in [3.63, 3.8) is 0 Å². The predicted molar refractivity (Wildman–Crippen MR) is 141 cm³/mol. The van der Waals surface area contributed by atoms with E-state index >= 15 is 0 Å². The van der Waals surface area contributed by atoms with Gasteiger partial charge in [-0.2, -0.15) is 0 Å². The third-order valence-corrected chi connectivity index (χ3v) is 5.33. The summed E-state index contributed by atoms with van der Waals surface area (Å²) < 4.78 is 12.5. The smallest absolute Gasteiger partial charge is 0.411 e. The molecule has 0 atom stereocenters. The Balaban J connectivity index is 0.00000103. The van der Waals surface area contributed by atoms with Gasteiger partial charge < -0.3 is 19.4 Å². The predicted octanol–water partition coefficient (Wildman–Crippen LogP) is 6.16. The van der Waals surface area contributed by atoms with Gasteiger partial charge in [-0.3, -0.25) is 5.32 Å². The SMILES string of the molecule is CNC.COC(=O)Nc1cccc(-c2cc3ccc(OC)cc3n2C/C2=C/C/C=C\CC=C2)c1. The quantitative estimate of drug-likeness (QED) is 0.448. The summed E-state index contributed by atoms with van der Waals surface area (Å²) in [6, 6.07) is 16.1. The zero-order valence-electron chi connectivity index (χ0n) is 20.3. The number of allylic oxidation sites excluding steroid dienone is 6. The summed E-state index contributed by atoms with van der Waals surface area (Å²) in [5.41, 5.74) is 5.14. The summed E-state index contributed by atoms with van der Waals surface area (Å²) in [6.07, 6.45) is 12.4. The molecular weight excluding hydrogens is 426 g/mol. The van der Waals surface area contributed by atoms with E-state index in [1.165, 1.54) is 12.7 Å². The third kappa shape index (κ3) is 6.39. The minimum absolute atomic E-state index is 0.486. The van der Waals surface area contributed by atoms with Crippen molar-refractivity contribution in [2.45, 2.75) is 19.4 Å². The molecule has 1 heterocycles. The molecule has 6 heteroatoms. The standard InChI is InChI=1S/C26H26N2O3.C2H7N/c1-30-23-14-13-21-16-24(20-11-8-12-22(15-20)27-26(29)31-2)28(25(21)17-23)18-19-9-6-4-3-5-7-10-19;1-3-2/h3-4,7-17H,5-6,18H2,1-2H3,(H,27,29);3H,1-2H3/b4-3-,10-7?,19-9+;. The van der Waals surface area contributed by atoms with Crippen molar-refractivity contribution in [1.82, 2.24) is 9.88 Å². The second-order valence-electron chi connectivity index (χ2n) is 7.86. The maximum absolute atomic E-state index is 11.7. The number of amides is 1. The molecule has 6 nitrogen and oxygen atoms in total. The van der Waals surface area contributed by atoms with Gasteiger partial charge >= 0.3 is 6.09 Å². The van der Waals surface area contributed by atoms with Gasteiger partial charge in [0.05, 0.1) is 19.7 Å². The maximum Gasteiger partial charge on any atom is 0.411 e. The summed E-state index contributed by atoms with van der Waals surface area (Å²) in [4.78, 5) is 11.7. The fourth-order valence-electron chi connectivity index (χ4n) is 3.77. The molecule has 0 bridgehead atoms. The van der Waals surface area contributed by atoms with Crippen LogP contribution in [-0.4, -0.2) is 39.0 Å². The topological polar surface area (TPSA) is 64.5 Å². The summed E-state index contributed by atoms with van der Waals surface area (Å²) in [6.45, 7) is 0.741. The Labute approximate surface area is 201 Å². The Morgan fingerprint density at radius 3 is 2.56 bits per heavy atom. The highest BCUT2D eigenvalue weighted by molar-refractivity contribution is 5.90. The van der Waals surface area contributed by atoms with Gasteiger partial charge in [-0.15, -0.1) is 0 Å². The van der Waals surface area contributed by atoms with Crippen molar-refractivity contribution >= 4 is 22.7 Å². The molecule has 1 aliphatic carbocycles. The Morgan fingerprint density at radius 2 is 1.79 bits per heavy atom. The molecule has 34 heavy (non-hydrogen) atoms. The molecule has 0 unspecified atom stereocenters. The minimum Gasteiger partial charge on any atom is -0.497 e. The van der Waals surface area contributed by atoms with Gasteiger partial charge in [0.2, 0.25) is 0 Å². The van der Waals surface area contributed by atoms with E-state index in [9.17, 15) is 4.79 Å². The molecule has 2 N–H and O–H groups in total. The zero-order valence-corrected chi connectivity index (χ0v) is 20.3. The van der Waals surface area contributed by atoms with E-state index in [-0.39, 0.29) is 0 Å². The van der Waals surface area contributed by atoms with Crippen LogP contribution in [0.25, 0.3) is 22.2 Å². The zero-order chi connectivity index (χ0) is 24.3. The van der Waals surface area contributed by atoms with Gasteiger partial charge in [0.15, 0.2) is 0 Å². The number of hydrogen-bond acceptors (Lipinski definition) is 4. The molecule has 0 spiro atoms. The first-order chi connectivity index (χ1) is 16.6. The first kappa shape index (κ1) is 24.9. The minimum atomic E-state index is -0.486. The van der Waals surface area contributed by atoms with Crippen LogP contribution in [0.15, 0.2) is 84.5 Å². The van der Waals surface area contributed by atoms with Gasteiger partial charge in [0, 0.05) is 34.9 Å². The molecule has 178 valence electrons.